The predicted octanol–water partition coefficient (Wildman–Crippen LogP) is 4.66. The van der Waals surface area contributed by atoms with Crippen molar-refractivity contribution >= 4 is 40.4 Å². The van der Waals surface area contributed by atoms with Gasteiger partial charge in [0.05, 0.1) is 18.0 Å². The summed E-state index contributed by atoms with van der Waals surface area (Å²) in [6.45, 7) is 1.84. The Hall–Kier alpha value is -2.91. The number of thiophene rings is 2. The zero-order valence-electron chi connectivity index (χ0n) is 19.1. The van der Waals surface area contributed by atoms with E-state index in [0.29, 0.717) is 16.4 Å². The van der Waals surface area contributed by atoms with Crippen molar-refractivity contribution in [2.24, 2.45) is 0 Å². The molecule has 34 heavy (non-hydrogen) atoms. The molecule has 9 heteroatoms. The van der Waals surface area contributed by atoms with Crippen LogP contribution in [-0.2, 0) is 16.1 Å². The van der Waals surface area contributed by atoms with Gasteiger partial charge in [-0.05, 0) is 54.8 Å². The Morgan fingerprint density at radius 1 is 1.06 bits per heavy atom. The summed E-state index contributed by atoms with van der Waals surface area (Å²) >= 11 is 2.83. The quantitative estimate of drug-likeness (QED) is 0.448. The normalized spacial score (nSPS) is 15.0. The van der Waals surface area contributed by atoms with Gasteiger partial charge in [-0.2, -0.15) is 0 Å². The van der Waals surface area contributed by atoms with Crippen LogP contribution in [0.25, 0.3) is 0 Å². The summed E-state index contributed by atoms with van der Waals surface area (Å²) < 4.78 is 5.85. The number of rotatable bonds is 9. The van der Waals surface area contributed by atoms with Gasteiger partial charge in [0.1, 0.15) is 11.5 Å². The summed E-state index contributed by atoms with van der Waals surface area (Å²) in [6, 6.07) is 10.0. The first-order chi connectivity index (χ1) is 16.5. The van der Waals surface area contributed by atoms with Crippen molar-refractivity contribution in [1.29, 1.82) is 0 Å². The Morgan fingerprint density at radius 3 is 2.47 bits per heavy atom. The number of furan rings is 1. The summed E-state index contributed by atoms with van der Waals surface area (Å²) in [4.78, 5) is 42.4. The Kier molecular flexibility index (Phi) is 8.18. The highest BCUT2D eigenvalue weighted by molar-refractivity contribution is 7.12. The summed E-state index contributed by atoms with van der Waals surface area (Å²) in [5, 5.41) is 9.60. The zero-order chi connectivity index (χ0) is 23.9. The van der Waals surface area contributed by atoms with E-state index in [9.17, 15) is 14.4 Å². The van der Waals surface area contributed by atoms with Crippen LogP contribution in [-0.4, -0.2) is 35.2 Å². The van der Waals surface area contributed by atoms with E-state index < -0.39 is 6.04 Å². The molecular weight excluding hydrogens is 470 g/mol. The van der Waals surface area contributed by atoms with E-state index in [-0.39, 0.29) is 36.9 Å². The summed E-state index contributed by atoms with van der Waals surface area (Å²) in [5.41, 5.74) is 0. The smallest absolute Gasteiger partial charge is 0.261 e. The van der Waals surface area contributed by atoms with Crippen molar-refractivity contribution in [3.63, 3.8) is 0 Å². The minimum absolute atomic E-state index is 0.0945. The molecule has 0 aromatic carbocycles. The fourth-order valence-corrected chi connectivity index (χ4v) is 5.54. The number of nitrogens with zero attached hydrogens (tertiary/aromatic N) is 1. The molecule has 0 bridgehead atoms. The number of hydrogen-bond donors (Lipinski definition) is 2. The van der Waals surface area contributed by atoms with Gasteiger partial charge in [0.15, 0.2) is 6.04 Å². The number of amides is 3. The second kappa shape index (κ2) is 11.5. The minimum atomic E-state index is -0.927. The molecule has 3 aromatic heterocycles. The average Bonchev–Trinajstić information content (AvgIpc) is 3.61. The average molecular weight is 500 g/mol. The molecule has 1 unspecified atom stereocenters. The number of hydrogen-bond acceptors (Lipinski definition) is 6. The van der Waals surface area contributed by atoms with Crippen LogP contribution in [0, 0.1) is 6.92 Å². The van der Waals surface area contributed by atoms with E-state index in [4.69, 9.17) is 4.42 Å². The predicted molar refractivity (Wildman–Crippen MR) is 133 cm³/mol. The lowest BCUT2D eigenvalue weighted by Gasteiger charge is -2.32. The molecule has 2 N–H and O–H groups in total. The zero-order valence-corrected chi connectivity index (χ0v) is 20.8. The molecule has 1 atom stereocenters. The fourth-order valence-electron chi connectivity index (χ4n) is 4.20. The third-order valence-electron chi connectivity index (χ3n) is 5.91. The van der Waals surface area contributed by atoms with Crippen molar-refractivity contribution in [2.75, 3.05) is 6.54 Å². The number of carbonyl (C=O) groups is 3. The van der Waals surface area contributed by atoms with Gasteiger partial charge in [-0.1, -0.05) is 31.4 Å². The molecule has 180 valence electrons. The molecule has 0 spiro atoms. The molecule has 0 saturated heterocycles. The molecule has 1 aliphatic rings. The lowest BCUT2D eigenvalue weighted by molar-refractivity contribution is -0.141. The second-order valence-electron chi connectivity index (χ2n) is 8.46. The van der Waals surface area contributed by atoms with Crippen molar-refractivity contribution in [1.82, 2.24) is 15.5 Å². The Bertz CT molecular complexity index is 1090. The topological polar surface area (TPSA) is 91.7 Å². The number of carbonyl (C=O) groups excluding carboxylic acids is 3. The van der Waals surface area contributed by atoms with Gasteiger partial charge in [-0.3, -0.25) is 14.4 Å². The van der Waals surface area contributed by atoms with Gasteiger partial charge in [0.25, 0.3) is 11.8 Å². The van der Waals surface area contributed by atoms with Crippen LogP contribution in [0.2, 0.25) is 0 Å². The largest absolute Gasteiger partial charge is 0.464 e. The van der Waals surface area contributed by atoms with Gasteiger partial charge >= 0.3 is 0 Å². The molecule has 1 saturated carbocycles. The molecule has 0 radical (unpaired) electrons. The Morgan fingerprint density at radius 2 is 1.82 bits per heavy atom. The summed E-state index contributed by atoms with van der Waals surface area (Å²) in [7, 11) is 0. The summed E-state index contributed by atoms with van der Waals surface area (Å²) in [6.07, 6.45) is 5.22. The van der Waals surface area contributed by atoms with Gasteiger partial charge in [-0.25, -0.2) is 0 Å². The van der Waals surface area contributed by atoms with Gasteiger partial charge in [-0.15, -0.1) is 22.7 Å². The Labute approximate surface area is 207 Å². The highest BCUT2D eigenvalue weighted by Gasteiger charge is 2.35. The van der Waals surface area contributed by atoms with E-state index >= 15 is 0 Å². The van der Waals surface area contributed by atoms with E-state index in [0.717, 1.165) is 30.6 Å². The van der Waals surface area contributed by atoms with E-state index in [1.807, 2.05) is 29.8 Å². The number of nitrogens with one attached hydrogen (secondary N) is 2. The first-order valence-electron chi connectivity index (χ1n) is 11.5. The third kappa shape index (κ3) is 6.15. The molecule has 1 aliphatic carbocycles. The molecule has 1 fully saturated rings. The van der Waals surface area contributed by atoms with Crippen LogP contribution in [0.5, 0.6) is 0 Å². The first kappa shape index (κ1) is 24.2. The highest BCUT2D eigenvalue weighted by Crippen LogP contribution is 2.28. The molecule has 3 heterocycles. The molecule has 3 aromatic rings. The van der Waals surface area contributed by atoms with Gasteiger partial charge in [0.2, 0.25) is 5.91 Å². The monoisotopic (exact) mass is 499 g/mol. The maximum atomic E-state index is 13.6. The van der Waals surface area contributed by atoms with Crippen molar-refractivity contribution in [3.05, 3.63) is 68.4 Å². The molecule has 4 rings (SSSR count). The lowest BCUT2D eigenvalue weighted by Crippen LogP contribution is -2.49. The Balaban J connectivity index is 1.58. The first-order valence-corrected chi connectivity index (χ1v) is 13.3. The van der Waals surface area contributed by atoms with Crippen LogP contribution in [0.3, 0.4) is 0 Å². The van der Waals surface area contributed by atoms with Crippen molar-refractivity contribution in [2.45, 2.75) is 57.7 Å². The minimum Gasteiger partial charge on any atom is -0.464 e. The van der Waals surface area contributed by atoms with E-state index in [1.165, 1.54) is 34.0 Å². The molecule has 3 amide bonds. The van der Waals surface area contributed by atoms with Crippen LogP contribution < -0.4 is 10.6 Å². The van der Waals surface area contributed by atoms with Crippen molar-refractivity contribution in [3.8, 4) is 0 Å². The maximum Gasteiger partial charge on any atom is 0.261 e. The van der Waals surface area contributed by atoms with Gasteiger partial charge in [0, 0.05) is 10.9 Å². The standard InChI is InChI=1S/C25H29N3O4S2/c1-17-11-12-20(32-17)23(25(31)27-18-7-3-2-4-8-18)28(16-19-9-5-13-33-19)22(29)15-26-24(30)21-10-6-14-34-21/h5-6,9-14,18,23H,2-4,7-8,15-16H2,1H3,(H,26,30)(H,27,31). The van der Waals surface area contributed by atoms with Crippen molar-refractivity contribution < 1.29 is 18.8 Å². The molecule has 0 aliphatic heterocycles. The third-order valence-corrected chi connectivity index (χ3v) is 7.64. The fraction of sp³-hybridized carbons (Fsp3) is 0.400. The van der Waals surface area contributed by atoms with Crippen LogP contribution in [0.1, 0.15) is 64.2 Å². The lowest BCUT2D eigenvalue weighted by atomic mass is 9.95. The van der Waals surface area contributed by atoms with Crippen LogP contribution >= 0.6 is 22.7 Å². The molecular formula is C25H29N3O4S2. The number of aryl methyl sites for hydroxylation is 1. The summed E-state index contributed by atoms with van der Waals surface area (Å²) in [5.74, 6) is 0.170. The van der Waals surface area contributed by atoms with Crippen LogP contribution in [0.4, 0.5) is 0 Å². The molecule has 7 nitrogen and oxygen atoms in total. The SMILES string of the molecule is Cc1ccc(C(C(=O)NC2CCCCC2)N(Cc2cccs2)C(=O)CNC(=O)c2cccs2)o1. The van der Waals surface area contributed by atoms with Crippen LogP contribution in [0.15, 0.2) is 51.6 Å². The highest BCUT2D eigenvalue weighted by atomic mass is 32.1. The maximum absolute atomic E-state index is 13.6. The second-order valence-corrected chi connectivity index (χ2v) is 10.4. The van der Waals surface area contributed by atoms with E-state index in [2.05, 4.69) is 10.6 Å². The van der Waals surface area contributed by atoms with Gasteiger partial charge < -0.3 is 20.0 Å². The van der Waals surface area contributed by atoms with E-state index in [1.54, 1.807) is 24.3 Å².